The Labute approximate surface area is 114 Å². The Morgan fingerprint density at radius 1 is 1.25 bits per heavy atom. The monoisotopic (exact) mass is 276 g/mol. The van der Waals surface area contributed by atoms with E-state index < -0.39 is 16.4 Å². The van der Waals surface area contributed by atoms with Crippen molar-refractivity contribution in [1.82, 2.24) is 0 Å². The third kappa shape index (κ3) is 3.10. The average Bonchev–Trinajstić information content (AvgIpc) is 2.41. The fraction of sp³-hybridized carbons (Fsp3) is 0.143. The summed E-state index contributed by atoms with van der Waals surface area (Å²) in [4.78, 5) is 10.2. The highest BCUT2D eigenvalue weighted by Gasteiger charge is 2.17. The first-order valence-electron chi connectivity index (χ1n) is 5.94. The molecule has 2 aromatic rings. The fourth-order valence-electron chi connectivity index (χ4n) is 1.69. The van der Waals surface area contributed by atoms with Crippen LogP contribution in [0, 0.1) is 15.9 Å². The molecule has 20 heavy (non-hydrogen) atoms. The van der Waals surface area contributed by atoms with Crippen LogP contribution in [0.2, 0.25) is 0 Å². The van der Waals surface area contributed by atoms with Crippen molar-refractivity contribution in [3.8, 4) is 11.5 Å². The van der Waals surface area contributed by atoms with Crippen molar-refractivity contribution in [3.63, 3.8) is 0 Å². The normalized spacial score (nSPS) is 11.9. The maximum absolute atomic E-state index is 13.0. The summed E-state index contributed by atoms with van der Waals surface area (Å²) in [6.07, 6.45) is 0. The maximum atomic E-state index is 13.0. The van der Waals surface area contributed by atoms with E-state index in [-0.39, 0.29) is 11.8 Å². The van der Waals surface area contributed by atoms with E-state index in [4.69, 9.17) is 10.5 Å². The van der Waals surface area contributed by atoms with Gasteiger partial charge in [-0.15, -0.1) is 0 Å². The first kappa shape index (κ1) is 14.0. The third-order valence-corrected chi connectivity index (χ3v) is 2.75. The van der Waals surface area contributed by atoms with Crippen LogP contribution < -0.4 is 10.5 Å². The van der Waals surface area contributed by atoms with Gasteiger partial charge < -0.3 is 10.5 Å². The summed E-state index contributed by atoms with van der Waals surface area (Å²) >= 11 is 0. The van der Waals surface area contributed by atoms with Gasteiger partial charge in [-0.05, 0) is 36.8 Å². The highest BCUT2D eigenvalue weighted by molar-refractivity contribution is 5.48. The molecule has 0 spiro atoms. The number of halogens is 1. The van der Waals surface area contributed by atoms with Gasteiger partial charge in [0.25, 0.3) is 0 Å². The summed E-state index contributed by atoms with van der Waals surface area (Å²) in [6.45, 7) is 1.85. The van der Waals surface area contributed by atoms with Crippen molar-refractivity contribution < 1.29 is 14.1 Å². The number of nitro groups is 1. The number of nitrogens with zero attached hydrogens (tertiary/aromatic N) is 1. The zero-order valence-electron chi connectivity index (χ0n) is 10.7. The number of hydrogen-bond donors (Lipinski definition) is 1. The van der Waals surface area contributed by atoms with Gasteiger partial charge in [0.1, 0.15) is 11.6 Å². The molecule has 104 valence electrons. The second-order valence-corrected chi connectivity index (χ2v) is 4.33. The highest BCUT2D eigenvalue weighted by Crippen LogP contribution is 2.32. The minimum absolute atomic E-state index is 0.00931. The lowest BCUT2D eigenvalue weighted by Gasteiger charge is -2.09. The lowest BCUT2D eigenvalue weighted by Crippen LogP contribution is -2.04. The van der Waals surface area contributed by atoms with E-state index in [1.165, 1.54) is 6.07 Å². The van der Waals surface area contributed by atoms with Gasteiger partial charge in [0.15, 0.2) is 0 Å². The molecule has 0 aliphatic heterocycles. The molecule has 6 heteroatoms. The van der Waals surface area contributed by atoms with Crippen molar-refractivity contribution in [2.75, 3.05) is 0 Å². The Kier molecular flexibility index (Phi) is 3.95. The number of rotatable bonds is 4. The van der Waals surface area contributed by atoms with E-state index in [9.17, 15) is 14.5 Å². The molecular formula is C14H13FN2O3. The molecule has 0 fully saturated rings. The van der Waals surface area contributed by atoms with Gasteiger partial charge in [-0.2, -0.15) is 0 Å². The number of nitrogens with two attached hydrogens (primary N) is 1. The van der Waals surface area contributed by atoms with Crippen LogP contribution in [0.15, 0.2) is 42.5 Å². The second-order valence-electron chi connectivity index (χ2n) is 4.33. The van der Waals surface area contributed by atoms with Crippen LogP contribution in [0.25, 0.3) is 0 Å². The van der Waals surface area contributed by atoms with Gasteiger partial charge >= 0.3 is 5.69 Å². The molecule has 0 aliphatic rings. The molecule has 0 amide bonds. The van der Waals surface area contributed by atoms with Crippen molar-refractivity contribution in [2.24, 2.45) is 5.73 Å². The Bertz CT molecular complexity index is 627. The van der Waals surface area contributed by atoms with E-state index in [2.05, 4.69) is 0 Å². The number of hydrogen-bond acceptors (Lipinski definition) is 4. The Morgan fingerprint density at radius 3 is 2.45 bits per heavy atom. The Morgan fingerprint density at radius 2 is 1.90 bits per heavy atom. The predicted molar refractivity (Wildman–Crippen MR) is 72.2 cm³/mol. The average molecular weight is 276 g/mol. The van der Waals surface area contributed by atoms with E-state index in [0.717, 1.165) is 17.7 Å². The molecule has 0 heterocycles. The van der Waals surface area contributed by atoms with Gasteiger partial charge in [0, 0.05) is 6.04 Å². The molecule has 0 saturated carbocycles. The Hall–Kier alpha value is -2.47. The molecule has 0 bridgehead atoms. The summed E-state index contributed by atoms with van der Waals surface area (Å²) in [5.74, 6) is -0.273. The van der Waals surface area contributed by atoms with Gasteiger partial charge in [-0.25, -0.2) is 4.39 Å². The minimum Gasteiger partial charge on any atom is -0.450 e. The molecule has 0 saturated heterocycles. The quantitative estimate of drug-likeness (QED) is 0.684. The zero-order chi connectivity index (χ0) is 14.7. The first-order valence-corrected chi connectivity index (χ1v) is 5.94. The lowest BCUT2D eigenvalue weighted by atomic mass is 10.1. The van der Waals surface area contributed by atoms with Gasteiger partial charge in [0.2, 0.25) is 5.75 Å². The second kappa shape index (κ2) is 5.66. The highest BCUT2D eigenvalue weighted by atomic mass is 19.1. The van der Waals surface area contributed by atoms with Crippen LogP contribution in [0.3, 0.4) is 0 Å². The molecule has 1 atom stereocenters. The van der Waals surface area contributed by atoms with E-state index in [1.807, 2.05) is 6.92 Å². The molecule has 2 N–H and O–H groups in total. The van der Waals surface area contributed by atoms with Crippen LogP contribution in [0.4, 0.5) is 10.1 Å². The van der Waals surface area contributed by atoms with Crippen LogP contribution in [-0.2, 0) is 0 Å². The summed E-state index contributed by atoms with van der Waals surface area (Å²) in [6, 6.07) is 9.92. The van der Waals surface area contributed by atoms with Crippen LogP contribution in [-0.4, -0.2) is 4.92 Å². The summed E-state index contributed by atoms with van der Waals surface area (Å²) in [5.41, 5.74) is 6.23. The number of benzene rings is 2. The van der Waals surface area contributed by atoms with Gasteiger partial charge in [-0.1, -0.05) is 12.1 Å². The molecule has 0 aromatic heterocycles. The smallest absolute Gasteiger partial charge is 0.314 e. The molecular weight excluding hydrogens is 263 g/mol. The molecule has 0 aliphatic carbocycles. The summed E-state index contributed by atoms with van der Waals surface area (Å²) < 4.78 is 18.4. The van der Waals surface area contributed by atoms with Gasteiger partial charge in [0.05, 0.1) is 11.0 Å². The molecule has 2 rings (SSSR count). The molecule has 5 nitrogen and oxygen atoms in total. The van der Waals surface area contributed by atoms with E-state index in [1.54, 1.807) is 24.3 Å². The standard InChI is InChI=1S/C14H13FN2O3/c1-9(16)10-2-5-12(6-3-10)20-14-7-4-11(15)8-13(14)17(18)19/h2-9H,16H2,1H3/t9-/m0/s1. The topological polar surface area (TPSA) is 78.4 Å². The van der Waals surface area contributed by atoms with Gasteiger partial charge in [-0.3, -0.25) is 10.1 Å². The molecule has 0 unspecified atom stereocenters. The van der Waals surface area contributed by atoms with Crippen LogP contribution in [0.5, 0.6) is 11.5 Å². The summed E-state index contributed by atoms with van der Waals surface area (Å²) in [7, 11) is 0. The van der Waals surface area contributed by atoms with Crippen molar-refractivity contribution in [1.29, 1.82) is 0 Å². The van der Waals surface area contributed by atoms with Crippen molar-refractivity contribution >= 4 is 5.69 Å². The van der Waals surface area contributed by atoms with E-state index in [0.29, 0.717) is 5.75 Å². The predicted octanol–water partition coefficient (Wildman–Crippen LogP) is 3.55. The minimum atomic E-state index is -0.686. The fourth-order valence-corrected chi connectivity index (χ4v) is 1.69. The largest absolute Gasteiger partial charge is 0.450 e. The molecule has 0 radical (unpaired) electrons. The van der Waals surface area contributed by atoms with E-state index >= 15 is 0 Å². The SMILES string of the molecule is C[C@H](N)c1ccc(Oc2ccc(F)cc2[N+](=O)[O-])cc1. The molecule has 2 aromatic carbocycles. The zero-order valence-corrected chi connectivity index (χ0v) is 10.7. The van der Waals surface area contributed by atoms with Crippen LogP contribution >= 0.6 is 0 Å². The lowest BCUT2D eigenvalue weighted by molar-refractivity contribution is -0.385. The Balaban J connectivity index is 2.28. The summed E-state index contributed by atoms with van der Waals surface area (Å²) in [5, 5.41) is 10.8. The third-order valence-electron chi connectivity index (χ3n) is 2.75. The maximum Gasteiger partial charge on any atom is 0.314 e. The van der Waals surface area contributed by atoms with Crippen molar-refractivity contribution in [3.05, 3.63) is 64.0 Å². The number of nitro benzene ring substituents is 1. The first-order chi connectivity index (χ1) is 9.47. The van der Waals surface area contributed by atoms with Crippen LogP contribution in [0.1, 0.15) is 18.5 Å². The van der Waals surface area contributed by atoms with Crippen molar-refractivity contribution in [2.45, 2.75) is 13.0 Å². The number of ether oxygens (including phenoxy) is 1.